The number of aromatic nitrogens is 1. The summed E-state index contributed by atoms with van der Waals surface area (Å²) >= 11 is 6.09. The van der Waals surface area contributed by atoms with Crippen molar-refractivity contribution in [1.82, 2.24) is 4.98 Å². The number of carbonyl (C=O) groups is 1. The first kappa shape index (κ1) is 18.4. The van der Waals surface area contributed by atoms with E-state index in [9.17, 15) is 4.79 Å². The quantitative estimate of drug-likeness (QED) is 0.505. The predicted molar refractivity (Wildman–Crippen MR) is 115 cm³/mol. The lowest BCUT2D eigenvalue weighted by Gasteiger charge is -2.12. The van der Waals surface area contributed by atoms with Crippen LogP contribution in [0.3, 0.4) is 0 Å². The number of carbonyl (C=O) groups excluding carboxylic acids is 1. The lowest BCUT2D eigenvalue weighted by atomic mass is 10.0. The molecule has 1 amide bonds. The first-order valence-corrected chi connectivity index (χ1v) is 9.63. The van der Waals surface area contributed by atoms with Crippen molar-refractivity contribution in [1.29, 1.82) is 0 Å². The number of hydrogen-bond acceptors (Lipinski definition) is 4. The summed E-state index contributed by atoms with van der Waals surface area (Å²) in [7, 11) is 1.81. The molecule has 142 valence electrons. The molecule has 0 radical (unpaired) electrons. The normalized spacial score (nSPS) is 13.9. The fourth-order valence-electron chi connectivity index (χ4n) is 3.55. The number of nitrogens with one attached hydrogen (secondary N) is 1. The molecule has 3 aromatic rings. The Bertz CT molecular complexity index is 1120. The van der Waals surface area contributed by atoms with Gasteiger partial charge >= 0.3 is 0 Å². The van der Waals surface area contributed by atoms with Gasteiger partial charge in [-0.15, -0.1) is 0 Å². The molecule has 4 rings (SSSR count). The van der Waals surface area contributed by atoms with Crippen LogP contribution >= 0.6 is 11.6 Å². The highest BCUT2D eigenvalue weighted by Gasteiger charge is 2.24. The molecule has 1 aromatic heterocycles. The van der Waals surface area contributed by atoms with Crippen molar-refractivity contribution in [2.45, 2.75) is 26.7 Å². The van der Waals surface area contributed by atoms with Crippen molar-refractivity contribution < 1.29 is 4.79 Å². The molecule has 6 heteroatoms. The van der Waals surface area contributed by atoms with Crippen molar-refractivity contribution in [2.75, 3.05) is 17.4 Å². The second kappa shape index (κ2) is 7.24. The number of nitrogens with zero attached hydrogens (tertiary/aromatic N) is 3. The van der Waals surface area contributed by atoms with Gasteiger partial charge in [-0.2, -0.15) is 5.10 Å². The molecular formula is C22H21ClN4O. The Morgan fingerprint density at radius 3 is 2.86 bits per heavy atom. The average Bonchev–Trinajstić information content (AvgIpc) is 2.96. The minimum atomic E-state index is 0.121. The largest absolute Gasteiger partial charge is 0.315 e. The SMILES string of the molecule is CC/C(=N\Nc1cc(C)c2cc(Cl)ccc2n1)c1ccc2c(c1)CC(=O)N2C. The molecule has 1 N–H and O–H groups in total. The van der Waals surface area contributed by atoms with Crippen LogP contribution in [0.5, 0.6) is 0 Å². The Morgan fingerprint density at radius 1 is 1.25 bits per heavy atom. The number of anilines is 2. The smallest absolute Gasteiger partial charge is 0.231 e. The van der Waals surface area contributed by atoms with Crippen LogP contribution in [-0.2, 0) is 11.2 Å². The van der Waals surface area contributed by atoms with Gasteiger partial charge in [0, 0.05) is 23.1 Å². The molecule has 2 aromatic carbocycles. The second-order valence-corrected chi connectivity index (χ2v) is 7.42. The molecule has 0 unspecified atom stereocenters. The lowest BCUT2D eigenvalue weighted by Crippen LogP contribution is -2.20. The predicted octanol–water partition coefficient (Wildman–Crippen LogP) is 4.94. The van der Waals surface area contributed by atoms with Gasteiger partial charge in [-0.05, 0) is 66.4 Å². The summed E-state index contributed by atoms with van der Waals surface area (Å²) < 4.78 is 0. The van der Waals surface area contributed by atoms with Crippen LogP contribution in [0.25, 0.3) is 10.9 Å². The Morgan fingerprint density at radius 2 is 2.07 bits per heavy atom. The Kier molecular flexibility index (Phi) is 4.77. The van der Waals surface area contributed by atoms with Crippen LogP contribution < -0.4 is 10.3 Å². The van der Waals surface area contributed by atoms with Gasteiger partial charge in [-0.25, -0.2) is 4.98 Å². The molecular weight excluding hydrogens is 372 g/mol. The van der Waals surface area contributed by atoms with Crippen molar-refractivity contribution in [3.8, 4) is 0 Å². The third-order valence-electron chi connectivity index (χ3n) is 5.11. The second-order valence-electron chi connectivity index (χ2n) is 6.98. The number of hydrogen-bond donors (Lipinski definition) is 1. The lowest BCUT2D eigenvalue weighted by molar-refractivity contribution is -0.117. The molecule has 0 bridgehead atoms. The molecule has 0 fully saturated rings. The summed E-state index contributed by atoms with van der Waals surface area (Å²) in [5.74, 6) is 0.811. The maximum atomic E-state index is 11.9. The molecule has 2 heterocycles. The molecule has 5 nitrogen and oxygen atoms in total. The third-order valence-corrected chi connectivity index (χ3v) is 5.34. The van der Waals surface area contributed by atoms with Crippen LogP contribution in [0, 0.1) is 6.92 Å². The van der Waals surface area contributed by atoms with Gasteiger partial charge in [0.15, 0.2) is 0 Å². The van der Waals surface area contributed by atoms with E-state index >= 15 is 0 Å². The first-order chi connectivity index (χ1) is 13.5. The van der Waals surface area contributed by atoms with E-state index < -0.39 is 0 Å². The highest BCUT2D eigenvalue weighted by molar-refractivity contribution is 6.31. The van der Waals surface area contributed by atoms with Crippen LogP contribution in [0.15, 0.2) is 47.6 Å². The van der Waals surface area contributed by atoms with E-state index in [1.54, 1.807) is 4.90 Å². The minimum Gasteiger partial charge on any atom is -0.315 e. The summed E-state index contributed by atoms with van der Waals surface area (Å²) in [6, 6.07) is 13.7. The summed E-state index contributed by atoms with van der Waals surface area (Å²) in [5.41, 5.74) is 9.00. The summed E-state index contributed by atoms with van der Waals surface area (Å²) in [5, 5.41) is 6.32. The van der Waals surface area contributed by atoms with Gasteiger partial charge in [0.1, 0.15) is 5.82 Å². The van der Waals surface area contributed by atoms with Crippen LogP contribution in [0.4, 0.5) is 11.5 Å². The minimum absolute atomic E-state index is 0.121. The molecule has 1 aliphatic heterocycles. The van der Waals surface area contributed by atoms with E-state index in [0.717, 1.165) is 45.4 Å². The van der Waals surface area contributed by atoms with Gasteiger partial charge in [-0.3, -0.25) is 10.2 Å². The molecule has 0 saturated carbocycles. The topological polar surface area (TPSA) is 57.6 Å². The Hall–Kier alpha value is -2.92. The Labute approximate surface area is 169 Å². The van der Waals surface area contributed by atoms with Crippen LogP contribution in [0.1, 0.15) is 30.0 Å². The summed E-state index contributed by atoms with van der Waals surface area (Å²) in [6.45, 7) is 4.09. The molecule has 0 atom stereocenters. The summed E-state index contributed by atoms with van der Waals surface area (Å²) in [6.07, 6.45) is 1.20. The van der Waals surface area contributed by atoms with Crippen molar-refractivity contribution in [2.24, 2.45) is 5.10 Å². The average molecular weight is 393 g/mol. The number of amides is 1. The highest BCUT2D eigenvalue weighted by atomic mass is 35.5. The maximum absolute atomic E-state index is 11.9. The third kappa shape index (κ3) is 3.34. The van der Waals surface area contributed by atoms with Crippen LogP contribution in [0.2, 0.25) is 5.02 Å². The number of benzene rings is 2. The van der Waals surface area contributed by atoms with Gasteiger partial charge in [0.25, 0.3) is 0 Å². The zero-order valence-corrected chi connectivity index (χ0v) is 16.8. The van der Waals surface area contributed by atoms with E-state index in [0.29, 0.717) is 17.3 Å². The number of pyridine rings is 1. The number of halogens is 1. The van der Waals surface area contributed by atoms with E-state index in [4.69, 9.17) is 11.6 Å². The van der Waals surface area contributed by atoms with Gasteiger partial charge < -0.3 is 4.90 Å². The maximum Gasteiger partial charge on any atom is 0.231 e. The fourth-order valence-corrected chi connectivity index (χ4v) is 3.72. The monoisotopic (exact) mass is 392 g/mol. The van der Waals surface area contributed by atoms with Crippen molar-refractivity contribution >= 4 is 45.6 Å². The molecule has 0 aliphatic carbocycles. The van der Waals surface area contributed by atoms with E-state index in [1.165, 1.54) is 0 Å². The van der Waals surface area contributed by atoms with Gasteiger partial charge in [-0.1, -0.05) is 24.6 Å². The van der Waals surface area contributed by atoms with Crippen molar-refractivity contribution in [3.63, 3.8) is 0 Å². The van der Waals surface area contributed by atoms with Crippen molar-refractivity contribution in [3.05, 3.63) is 64.2 Å². The summed E-state index contributed by atoms with van der Waals surface area (Å²) in [4.78, 5) is 18.2. The number of likely N-dealkylation sites (N-methyl/N-ethyl adjacent to an activating group) is 1. The van der Waals surface area contributed by atoms with E-state index in [-0.39, 0.29) is 5.91 Å². The highest BCUT2D eigenvalue weighted by Crippen LogP contribution is 2.29. The number of rotatable bonds is 4. The fraction of sp³-hybridized carbons (Fsp3) is 0.227. The first-order valence-electron chi connectivity index (χ1n) is 9.25. The van der Waals surface area contributed by atoms with Gasteiger partial charge in [0.05, 0.1) is 17.6 Å². The molecule has 28 heavy (non-hydrogen) atoms. The standard InChI is InChI=1S/C22H21ClN4O/c1-4-18(14-5-8-20-15(10-14)11-22(28)27(20)3)25-26-21-9-13(2)17-12-16(23)6-7-19(17)24-21/h5-10,12H,4,11H2,1-3H3,(H,24,26)/b25-18+. The number of fused-ring (bicyclic) bond motifs is 2. The molecule has 0 saturated heterocycles. The van der Waals surface area contributed by atoms with Gasteiger partial charge in [0.2, 0.25) is 5.91 Å². The zero-order valence-electron chi connectivity index (χ0n) is 16.1. The number of hydrazone groups is 1. The number of aryl methyl sites for hydroxylation is 1. The Balaban J connectivity index is 1.63. The molecule has 1 aliphatic rings. The van der Waals surface area contributed by atoms with E-state index in [1.807, 2.05) is 50.4 Å². The van der Waals surface area contributed by atoms with Crippen LogP contribution in [-0.4, -0.2) is 23.7 Å². The zero-order chi connectivity index (χ0) is 19.8. The van der Waals surface area contributed by atoms with E-state index in [2.05, 4.69) is 28.5 Å². The molecule has 0 spiro atoms.